The molecular weight excluding hydrogens is 280 g/mol. The number of aromatic nitrogens is 4. The largest absolute Gasteiger partial charge is 0.347 e. The normalized spacial score (nSPS) is 19.5. The van der Waals surface area contributed by atoms with Gasteiger partial charge in [0.15, 0.2) is 0 Å². The lowest BCUT2D eigenvalue weighted by Gasteiger charge is -2.40. The molecule has 0 saturated carbocycles. The summed E-state index contributed by atoms with van der Waals surface area (Å²) in [6, 6.07) is 0.145. The van der Waals surface area contributed by atoms with E-state index in [1.807, 2.05) is 24.3 Å². The van der Waals surface area contributed by atoms with Gasteiger partial charge in [-0.05, 0) is 12.1 Å². The van der Waals surface area contributed by atoms with E-state index in [4.69, 9.17) is 0 Å². The predicted octanol–water partition coefficient (Wildman–Crippen LogP) is 0.591. The van der Waals surface area contributed by atoms with Crippen LogP contribution >= 0.6 is 0 Å². The molecule has 0 bridgehead atoms. The van der Waals surface area contributed by atoms with Gasteiger partial charge in [0.25, 0.3) is 0 Å². The molecule has 1 atom stereocenters. The van der Waals surface area contributed by atoms with E-state index in [1.165, 1.54) is 0 Å². The number of carbonyl (C=O) groups is 1. The molecule has 2 aromatic heterocycles. The summed E-state index contributed by atoms with van der Waals surface area (Å²) in [6.45, 7) is 5.42. The topological polar surface area (TPSA) is 70.0 Å². The quantitative estimate of drug-likeness (QED) is 0.897. The van der Waals surface area contributed by atoms with Crippen LogP contribution in [-0.4, -0.2) is 61.6 Å². The van der Waals surface area contributed by atoms with Crippen LogP contribution < -0.4 is 0 Å². The molecule has 0 aliphatic carbocycles. The molecule has 3 rings (SSSR count). The average Bonchev–Trinajstić information content (AvgIpc) is 3.18. The smallest absolute Gasteiger partial charge is 0.227 e. The highest BCUT2D eigenvalue weighted by Gasteiger charge is 2.31. The second-order valence-electron chi connectivity index (χ2n) is 5.66. The van der Waals surface area contributed by atoms with Crippen molar-refractivity contribution in [2.45, 2.75) is 19.4 Å². The number of nitrogens with zero attached hydrogens (tertiary/aromatic N) is 5. The number of imidazole rings is 1. The fraction of sp³-hybridized carbons (Fsp3) is 0.533. The number of nitrogens with one attached hydrogen (secondary N) is 1. The Morgan fingerprint density at radius 1 is 1.45 bits per heavy atom. The minimum absolute atomic E-state index is 0.145. The van der Waals surface area contributed by atoms with Crippen molar-refractivity contribution in [2.24, 2.45) is 7.05 Å². The monoisotopic (exact) mass is 302 g/mol. The zero-order valence-corrected chi connectivity index (χ0v) is 13.1. The van der Waals surface area contributed by atoms with Crippen molar-refractivity contribution in [3.05, 3.63) is 36.2 Å². The lowest BCUT2D eigenvalue weighted by atomic mass is 10.1. The molecule has 7 heteroatoms. The molecule has 1 N–H and O–H groups in total. The average molecular weight is 302 g/mol. The van der Waals surface area contributed by atoms with Crippen LogP contribution in [0.2, 0.25) is 0 Å². The molecule has 1 fully saturated rings. The van der Waals surface area contributed by atoms with E-state index in [2.05, 4.69) is 26.9 Å². The molecule has 0 spiro atoms. The van der Waals surface area contributed by atoms with Crippen molar-refractivity contribution in [1.82, 2.24) is 29.5 Å². The first-order valence-corrected chi connectivity index (χ1v) is 7.66. The maximum absolute atomic E-state index is 12.5. The van der Waals surface area contributed by atoms with Crippen LogP contribution in [0.4, 0.5) is 0 Å². The molecule has 0 radical (unpaired) electrons. The van der Waals surface area contributed by atoms with Gasteiger partial charge in [0.2, 0.25) is 5.91 Å². The number of aryl methyl sites for hydroxylation is 1. The molecule has 0 aromatic carbocycles. The van der Waals surface area contributed by atoms with Gasteiger partial charge in [0.05, 0.1) is 18.7 Å². The van der Waals surface area contributed by atoms with E-state index in [0.717, 1.165) is 31.0 Å². The van der Waals surface area contributed by atoms with Crippen LogP contribution in [0, 0.1) is 0 Å². The van der Waals surface area contributed by atoms with Crippen molar-refractivity contribution >= 4 is 5.91 Å². The third kappa shape index (κ3) is 3.04. The van der Waals surface area contributed by atoms with Gasteiger partial charge in [-0.25, -0.2) is 4.98 Å². The lowest BCUT2D eigenvalue weighted by molar-refractivity contribution is -0.133. The summed E-state index contributed by atoms with van der Waals surface area (Å²) >= 11 is 0. The zero-order valence-electron chi connectivity index (χ0n) is 13.1. The molecular formula is C15H22N6O. The lowest BCUT2D eigenvalue weighted by Crippen LogP contribution is -2.51. The van der Waals surface area contributed by atoms with Gasteiger partial charge < -0.3 is 9.88 Å². The Bertz CT molecular complexity index is 620. The van der Waals surface area contributed by atoms with Gasteiger partial charge in [-0.2, -0.15) is 5.10 Å². The van der Waals surface area contributed by atoms with Gasteiger partial charge in [-0.15, -0.1) is 0 Å². The van der Waals surface area contributed by atoms with Crippen LogP contribution in [-0.2, 0) is 18.3 Å². The number of hydrogen-bond donors (Lipinski definition) is 1. The first kappa shape index (κ1) is 14.8. The second kappa shape index (κ2) is 6.31. The number of carbonyl (C=O) groups excluding carboxylic acids is 1. The van der Waals surface area contributed by atoms with E-state index < -0.39 is 0 Å². The Kier molecular flexibility index (Phi) is 4.24. The van der Waals surface area contributed by atoms with Crippen molar-refractivity contribution in [1.29, 1.82) is 0 Å². The molecule has 2 aromatic rings. The number of amides is 1. The van der Waals surface area contributed by atoms with Crippen molar-refractivity contribution in [3.8, 4) is 0 Å². The Labute approximate surface area is 129 Å². The summed E-state index contributed by atoms with van der Waals surface area (Å²) in [4.78, 5) is 24.4. The third-order valence-electron chi connectivity index (χ3n) is 4.20. The van der Waals surface area contributed by atoms with Crippen LogP contribution in [0.15, 0.2) is 24.8 Å². The molecule has 0 unspecified atom stereocenters. The minimum Gasteiger partial charge on any atom is -0.347 e. The summed E-state index contributed by atoms with van der Waals surface area (Å²) in [5.41, 5.74) is 0.958. The van der Waals surface area contributed by atoms with E-state index in [-0.39, 0.29) is 11.9 Å². The maximum atomic E-state index is 12.5. The maximum Gasteiger partial charge on any atom is 0.227 e. The number of hydrogen-bond acceptors (Lipinski definition) is 4. The van der Waals surface area contributed by atoms with Gasteiger partial charge >= 0.3 is 0 Å². The fourth-order valence-electron chi connectivity index (χ4n) is 2.99. The molecule has 1 aliphatic heterocycles. The molecule has 22 heavy (non-hydrogen) atoms. The summed E-state index contributed by atoms with van der Waals surface area (Å²) in [6.07, 6.45) is 7.65. The van der Waals surface area contributed by atoms with Crippen molar-refractivity contribution in [2.75, 3.05) is 26.2 Å². The predicted molar refractivity (Wildman–Crippen MR) is 82.1 cm³/mol. The third-order valence-corrected chi connectivity index (χ3v) is 4.20. The molecule has 118 valence electrons. The number of rotatable bonds is 4. The van der Waals surface area contributed by atoms with Crippen molar-refractivity contribution < 1.29 is 4.79 Å². The Morgan fingerprint density at radius 3 is 2.95 bits per heavy atom. The first-order chi connectivity index (χ1) is 10.7. The molecule has 3 heterocycles. The molecule has 1 amide bonds. The highest BCUT2D eigenvalue weighted by molar-refractivity contribution is 5.78. The van der Waals surface area contributed by atoms with E-state index in [0.29, 0.717) is 13.0 Å². The minimum atomic E-state index is 0.145. The van der Waals surface area contributed by atoms with Crippen LogP contribution in [0.25, 0.3) is 0 Å². The van der Waals surface area contributed by atoms with Gasteiger partial charge in [-0.1, -0.05) is 6.92 Å². The van der Waals surface area contributed by atoms with Crippen LogP contribution in [0.1, 0.15) is 24.4 Å². The van der Waals surface area contributed by atoms with E-state index in [1.54, 1.807) is 17.1 Å². The van der Waals surface area contributed by atoms with E-state index in [9.17, 15) is 4.79 Å². The zero-order chi connectivity index (χ0) is 15.5. The number of H-pyrrole nitrogens is 1. The van der Waals surface area contributed by atoms with Gasteiger partial charge in [0, 0.05) is 45.3 Å². The van der Waals surface area contributed by atoms with E-state index >= 15 is 0 Å². The number of aromatic amines is 1. The number of likely N-dealkylation sites (N-methyl/N-ethyl adjacent to an activating group) is 1. The van der Waals surface area contributed by atoms with Crippen molar-refractivity contribution in [3.63, 3.8) is 0 Å². The summed E-state index contributed by atoms with van der Waals surface area (Å²) in [5.74, 6) is 1.08. The summed E-state index contributed by atoms with van der Waals surface area (Å²) in [7, 11) is 1.86. The van der Waals surface area contributed by atoms with Crippen LogP contribution in [0.5, 0.6) is 0 Å². The molecule has 7 nitrogen and oxygen atoms in total. The second-order valence-corrected chi connectivity index (χ2v) is 5.66. The summed E-state index contributed by atoms with van der Waals surface area (Å²) < 4.78 is 1.73. The molecule has 1 saturated heterocycles. The standard InChI is InChI=1S/C15H22N6O/c1-3-20-6-7-21(11-13(20)15-16-4-5-17-15)14(22)8-12-9-18-19(2)10-12/h4-5,9-10,13H,3,6-8,11H2,1-2H3,(H,16,17)/t13-/m0/s1. The van der Waals surface area contributed by atoms with Gasteiger partial charge in [0.1, 0.15) is 5.82 Å². The Balaban J connectivity index is 1.68. The number of piperazine rings is 1. The highest BCUT2D eigenvalue weighted by Crippen LogP contribution is 2.22. The van der Waals surface area contributed by atoms with Gasteiger partial charge in [-0.3, -0.25) is 14.4 Å². The fourth-order valence-corrected chi connectivity index (χ4v) is 2.99. The molecule has 1 aliphatic rings. The first-order valence-electron chi connectivity index (χ1n) is 7.66. The Morgan fingerprint density at radius 2 is 2.32 bits per heavy atom. The Hall–Kier alpha value is -2.15. The summed E-state index contributed by atoms with van der Waals surface area (Å²) in [5, 5.41) is 4.12. The highest BCUT2D eigenvalue weighted by atomic mass is 16.2. The van der Waals surface area contributed by atoms with Crippen LogP contribution in [0.3, 0.4) is 0 Å². The SMILES string of the molecule is CCN1CCN(C(=O)Cc2cnn(C)c2)C[C@H]1c1ncc[nH]1.